The van der Waals surface area contributed by atoms with Gasteiger partial charge in [-0.15, -0.1) is 0 Å². The molecule has 2 heterocycles. The molecule has 6 nitrogen and oxygen atoms in total. The van der Waals surface area contributed by atoms with Crippen LogP contribution < -0.4 is 5.32 Å². The van der Waals surface area contributed by atoms with Crippen LogP contribution in [-0.2, 0) is 23.2 Å². The van der Waals surface area contributed by atoms with Gasteiger partial charge in [0.1, 0.15) is 12.1 Å². The predicted octanol–water partition coefficient (Wildman–Crippen LogP) is 0.826. The highest BCUT2D eigenvalue weighted by Gasteiger charge is 2.39. The molecule has 0 aromatic carbocycles. The van der Waals surface area contributed by atoms with E-state index >= 15 is 0 Å². The molecule has 2 amide bonds. The molecule has 1 fully saturated rings. The summed E-state index contributed by atoms with van der Waals surface area (Å²) in [5.74, 6) is -0.0505. The molecule has 1 aliphatic rings. The minimum atomic E-state index is -0.391. The number of hydrogen-bond donors (Lipinski definition) is 1. The van der Waals surface area contributed by atoms with Crippen molar-refractivity contribution in [1.82, 2.24) is 20.0 Å². The van der Waals surface area contributed by atoms with Crippen LogP contribution in [0.1, 0.15) is 38.8 Å². The molecular weight excluding hydrogens is 256 g/mol. The molecule has 2 rings (SSSR count). The summed E-state index contributed by atoms with van der Waals surface area (Å²) < 4.78 is 1.70. The van der Waals surface area contributed by atoms with E-state index in [0.717, 1.165) is 12.1 Å². The maximum atomic E-state index is 12.5. The largest absolute Gasteiger partial charge is 0.343 e. The average molecular weight is 278 g/mol. The van der Waals surface area contributed by atoms with E-state index < -0.39 is 6.04 Å². The Kier molecular flexibility index (Phi) is 4.42. The van der Waals surface area contributed by atoms with Gasteiger partial charge in [-0.1, -0.05) is 20.3 Å². The minimum Gasteiger partial charge on any atom is -0.343 e. The number of amides is 2. The summed E-state index contributed by atoms with van der Waals surface area (Å²) in [7, 11) is 1.84. The fourth-order valence-corrected chi connectivity index (χ4v) is 2.63. The highest BCUT2D eigenvalue weighted by molar-refractivity contribution is 5.96. The van der Waals surface area contributed by atoms with Gasteiger partial charge in [-0.25, -0.2) is 0 Å². The molecule has 1 N–H and O–H groups in total. The van der Waals surface area contributed by atoms with Gasteiger partial charge in [0.2, 0.25) is 11.8 Å². The Morgan fingerprint density at radius 3 is 2.65 bits per heavy atom. The van der Waals surface area contributed by atoms with Crippen LogP contribution in [0.2, 0.25) is 0 Å². The van der Waals surface area contributed by atoms with Crippen molar-refractivity contribution in [2.75, 3.05) is 0 Å². The van der Waals surface area contributed by atoms with Crippen LogP contribution >= 0.6 is 0 Å². The SMILES string of the molecule is CCCC1NC(=O)C(CC)N(Cc2ccn(C)n2)C1=O. The Labute approximate surface area is 119 Å². The van der Waals surface area contributed by atoms with Crippen molar-refractivity contribution < 1.29 is 9.59 Å². The van der Waals surface area contributed by atoms with E-state index in [4.69, 9.17) is 0 Å². The van der Waals surface area contributed by atoms with Gasteiger partial charge in [-0.3, -0.25) is 14.3 Å². The number of carbonyl (C=O) groups is 2. The van der Waals surface area contributed by atoms with Gasteiger partial charge < -0.3 is 10.2 Å². The van der Waals surface area contributed by atoms with Gasteiger partial charge in [-0.2, -0.15) is 5.10 Å². The van der Waals surface area contributed by atoms with Gasteiger partial charge in [0, 0.05) is 13.2 Å². The van der Waals surface area contributed by atoms with Crippen LogP contribution in [0.15, 0.2) is 12.3 Å². The van der Waals surface area contributed by atoms with Gasteiger partial charge in [0.05, 0.1) is 12.2 Å². The maximum Gasteiger partial charge on any atom is 0.246 e. The van der Waals surface area contributed by atoms with Gasteiger partial charge in [-0.05, 0) is 18.9 Å². The zero-order valence-corrected chi connectivity index (χ0v) is 12.3. The lowest BCUT2D eigenvalue weighted by Crippen LogP contribution is -2.62. The number of hydrogen-bond acceptors (Lipinski definition) is 3. The third-order valence-electron chi connectivity index (χ3n) is 3.64. The van der Waals surface area contributed by atoms with E-state index in [2.05, 4.69) is 10.4 Å². The smallest absolute Gasteiger partial charge is 0.246 e. The lowest BCUT2D eigenvalue weighted by molar-refractivity contribution is -0.150. The second-order valence-electron chi connectivity index (χ2n) is 5.22. The summed E-state index contributed by atoms with van der Waals surface area (Å²) >= 11 is 0. The van der Waals surface area contributed by atoms with Crippen molar-refractivity contribution in [3.05, 3.63) is 18.0 Å². The number of carbonyl (C=O) groups excluding carboxylic acids is 2. The first kappa shape index (κ1) is 14.6. The average Bonchev–Trinajstić information content (AvgIpc) is 2.81. The summed E-state index contributed by atoms with van der Waals surface area (Å²) in [5.41, 5.74) is 0.809. The Hall–Kier alpha value is -1.85. The Bertz CT molecular complexity index is 497. The summed E-state index contributed by atoms with van der Waals surface area (Å²) in [5, 5.41) is 7.13. The van der Waals surface area contributed by atoms with Crippen LogP contribution in [-0.4, -0.2) is 38.6 Å². The fourth-order valence-electron chi connectivity index (χ4n) is 2.63. The lowest BCUT2D eigenvalue weighted by Gasteiger charge is -2.38. The van der Waals surface area contributed by atoms with Gasteiger partial charge >= 0.3 is 0 Å². The molecule has 1 aromatic heterocycles. The van der Waals surface area contributed by atoms with E-state index in [0.29, 0.717) is 19.4 Å². The van der Waals surface area contributed by atoms with Crippen molar-refractivity contribution in [3.8, 4) is 0 Å². The Morgan fingerprint density at radius 2 is 2.10 bits per heavy atom. The second kappa shape index (κ2) is 6.07. The first-order chi connectivity index (χ1) is 9.56. The highest BCUT2D eigenvalue weighted by Crippen LogP contribution is 2.18. The molecule has 110 valence electrons. The minimum absolute atomic E-state index is 0.00366. The van der Waals surface area contributed by atoms with Crippen LogP contribution in [0.5, 0.6) is 0 Å². The fraction of sp³-hybridized carbons (Fsp3) is 0.643. The molecule has 2 unspecified atom stereocenters. The maximum absolute atomic E-state index is 12.5. The zero-order valence-electron chi connectivity index (χ0n) is 12.3. The summed E-state index contributed by atoms with van der Waals surface area (Å²) in [4.78, 5) is 26.3. The Balaban J connectivity index is 2.19. The van der Waals surface area contributed by atoms with Gasteiger partial charge in [0.25, 0.3) is 0 Å². The zero-order chi connectivity index (χ0) is 14.7. The molecule has 0 aliphatic carbocycles. The molecule has 6 heteroatoms. The third-order valence-corrected chi connectivity index (χ3v) is 3.64. The standard InChI is InChI=1S/C14H22N4O2/c1-4-6-11-14(20)18(12(5-2)13(19)15-11)9-10-7-8-17(3)16-10/h7-8,11-12H,4-6,9H2,1-3H3,(H,15,19). The van der Waals surface area contributed by atoms with Crippen LogP contribution in [0, 0.1) is 0 Å². The first-order valence-electron chi connectivity index (χ1n) is 7.16. The number of aryl methyl sites for hydroxylation is 1. The molecule has 0 bridgehead atoms. The Morgan fingerprint density at radius 1 is 1.35 bits per heavy atom. The first-order valence-corrected chi connectivity index (χ1v) is 7.16. The molecule has 0 saturated carbocycles. The van der Waals surface area contributed by atoms with Crippen molar-refractivity contribution in [2.24, 2.45) is 7.05 Å². The summed E-state index contributed by atoms with van der Waals surface area (Å²) in [6, 6.07) is 1.10. The van der Waals surface area contributed by atoms with Crippen LogP contribution in [0.4, 0.5) is 0 Å². The van der Waals surface area contributed by atoms with E-state index in [1.165, 1.54) is 0 Å². The van der Waals surface area contributed by atoms with Crippen LogP contribution in [0.25, 0.3) is 0 Å². The molecular formula is C14H22N4O2. The molecule has 0 spiro atoms. The van der Waals surface area contributed by atoms with Crippen molar-refractivity contribution >= 4 is 11.8 Å². The van der Waals surface area contributed by atoms with Crippen molar-refractivity contribution in [1.29, 1.82) is 0 Å². The molecule has 1 aliphatic heterocycles. The predicted molar refractivity (Wildman–Crippen MR) is 74.7 cm³/mol. The summed E-state index contributed by atoms with van der Waals surface area (Å²) in [6.07, 6.45) is 4.00. The molecule has 0 radical (unpaired) electrons. The number of nitrogens with zero attached hydrogens (tertiary/aromatic N) is 3. The van der Waals surface area contributed by atoms with Crippen molar-refractivity contribution in [3.63, 3.8) is 0 Å². The number of rotatable bonds is 5. The van der Waals surface area contributed by atoms with E-state index in [-0.39, 0.29) is 17.9 Å². The molecule has 2 atom stereocenters. The molecule has 20 heavy (non-hydrogen) atoms. The third kappa shape index (κ3) is 2.84. The number of nitrogens with one attached hydrogen (secondary N) is 1. The number of piperazine rings is 1. The second-order valence-corrected chi connectivity index (χ2v) is 5.22. The van der Waals surface area contributed by atoms with Gasteiger partial charge in [0.15, 0.2) is 0 Å². The highest BCUT2D eigenvalue weighted by atomic mass is 16.2. The quantitative estimate of drug-likeness (QED) is 0.867. The van der Waals surface area contributed by atoms with Crippen molar-refractivity contribution in [2.45, 2.75) is 51.7 Å². The van der Waals surface area contributed by atoms with E-state index in [1.807, 2.05) is 33.2 Å². The number of aromatic nitrogens is 2. The topological polar surface area (TPSA) is 67.2 Å². The molecule has 1 saturated heterocycles. The van der Waals surface area contributed by atoms with E-state index in [9.17, 15) is 9.59 Å². The van der Waals surface area contributed by atoms with E-state index in [1.54, 1.807) is 9.58 Å². The molecule has 1 aromatic rings. The normalized spacial score (nSPS) is 23.1. The monoisotopic (exact) mass is 278 g/mol. The van der Waals surface area contributed by atoms with Crippen LogP contribution in [0.3, 0.4) is 0 Å². The summed E-state index contributed by atoms with van der Waals surface area (Å²) in [6.45, 7) is 4.32. The lowest BCUT2D eigenvalue weighted by atomic mass is 10.0.